The van der Waals surface area contributed by atoms with Gasteiger partial charge >= 0.3 is 5.97 Å². The number of hydrogen-bond donors (Lipinski definition) is 2. The first-order valence-corrected chi connectivity index (χ1v) is 6.12. The van der Waals surface area contributed by atoms with Crippen molar-refractivity contribution in [3.8, 4) is 0 Å². The predicted octanol–water partition coefficient (Wildman–Crippen LogP) is 1.59. The molecule has 104 valence electrons. The number of H-pyrrole nitrogens is 1. The topological polar surface area (TPSA) is 92.3 Å². The first kappa shape index (κ1) is 14.0. The van der Waals surface area contributed by atoms with Crippen LogP contribution in [0.3, 0.4) is 0 Å². The lowest BCUT2D eigenvalue weighted by molar-refractivity contribution is 0.0691. The van der Waals surface area contributed by atoms with E-state index in [-0.39, 0.29) is 5.82 Å². The zero-order chi connectivity index (χ0) is 14.5. The molecule has 1 atom stereocenters. The molecule has 1 aromatic heterocycles. The number of aromatic amines is 1. The summed E-state index contributed by atoms with van der Waals surface area (Å²) >= 11 is 0. The van der Waals surface area contributed by atoms with Crippen LogP contribution in [0.15, 0.2) is 41.3 Å². The number of benzene rings is 1. The quantitative estimate of drug-likeness (QED) is 0.863. The number of aromatic nitrogens is 2. The third-order valence-electron chi connectivity index (χ3n) is 2.73. The molecule has 1 aromatic carbocycles. The Labute approximate surface area is 115 Å². The second-order valence-electron chi connectivity index (χ2n) is 4.06. The molecular weight excluding hydrogens is 260 g/mol. The van der Waals surface area contributed by atoms with Crippen LogP contribution < -0.4 is 5.56 Å². The smallest absolute Gasteiger partial charge is 0.342 e. The number of nitrogens with one attached hydrogen (secondary N) is 1. The average Bonchev–Trinajstić information content (AvgIpc) is 2.45. The second kappa shape index (κ2) is 6.12. The Balaban J connectivity index is 2.43. The summed E-state index contributed by atoms with van der Waals surface area (Å²) in [5.41, 5.74) is -0.249. The first-order chi connectivity index (χ1) is 9.63. The van der Waals surface area contributed by atoms with Gasteiger partial charge in [-0.05, 0) is 12.5 Å². The van der Waals surface area contributed by atoms with E-state index in [2.05, 4.69) is 9.97 Å². The van der Waals surface area contributed by atoms with Crippen molar-refractivity contribution in [3.63, 3.8) is 0 Å². The number of carboxylic acid groups (broad SMARTS) is 1. The zero-order valence-corrected chi connectivity index (χ0v) is 10.9. The fourth-order valence-corrected chi connectivity index (χ4v) is 1.82. The highest BCUT2D eigenvalue weighted by atomic mass is 16.5. The molecule has 0 saturated carbocycles. The fraction of sp³-hybridized carbons (Fsp3) is 0.214. The van der Waals surface area contributed by atoms with E-state index in [0.717, 1.165) is 11.8 Å². The molecule has 0 aliphatic heterocycles. The maximum Gasteiger partial charge on any atom is 0.342 e. The maximum absolute atomic E-state index is 11.7. The molecule has 1 heterocycles. The van der Waals surface area contributed by atoms with Crippen molar-refractivity contribution in [1.82, 2.24) is 9.97 Å². The SMILES string of the molecule is CCOC(c1ccccc1)c1ncc(C(=O)O)c(=O)[nH]1. The van der Waals surface area contributed by atoms with Crippen molar-refractivity contribution in [2.75, 3.05) is 6.61 Å². The molecule has 6 heteroatoms. The Kier molecular flexibility index (Phi) is 4.27. The summed E-state index contributed by atoms with van der Waals surface area (Å²) in [4.78, 5) is 29.0. The molecule has 0 saturated heterocycles. The number of carbonyl (C=O) groups is 1. The number of carboxylic acids is 1. The van der Waals surface area contributed by atoms with Gasteiger partial charge in [0, 0.05) is 12.8 Å². The molecule has 2 rings (SSSR count). The largest absolute Gasteiger partial charge is 0.477 e. The number of hydrogen-bond acceptors (Lipinski definition) is 4. The molecule has 0 radical (unpaired) electrons. The van der Waals surface area contributed by atoms with Crippen LogP contribution >= 0.6 is 0 Å². The molecule has 0 aliphatic carbocycles. The van der Waals surface area contributed by atoms with E-state index in [0.29, 0.717) is 6.61 Å². The van der Waals surface area contributed by atoms with Crippen LogP contribution in [-0.4, -0.2) is 27.7 Å². The summed E-state index contributed by atoms with van der Waals surface area (Å²) in [5, 5.41) is 8.82. The minimum absolute atomic E-state index is 0.285. The molecule has 1 unspecified atom stereocenters. The number of aromatic carboxylic acids is 1. The Morgan fingerprint density at radius 1 is 1.40 bits per heavy atom. The van der Waals surface area contributed by atoms with Crippen LogP contribution in [0.25, 0.3) is 0 Å². The highest BCUT2D eigenvalue weighted by molar-refractivity contribution is 5.86. The normalized spacial score (nSPS) is 12.1. The minimum atomic E-state index is -1.31. The Morgan fingerprint density at radius 3 is 2.65 bits per heavy atom. The van der Waals surface area contributed by atoms with E-state index in [1.807, 2.05) is 37.3 Å². The van der Waals surface area contributed by atoms with Crippen LogP contribution in [0.5, 0.6) is 0 Å². The molecular formula is C14H14N2O4. The zero-order valence-electron chi connectivity index (χ0n) is 10.9. The van der Waals surface area contributed by atoms with Crippen molar-refractivity contribution in [2.45, 2.75) is 13.0 Å². The van der Waals surface area contributed by atoms with Gasteiger partial charge in [0.1, 0.15) is 17.5 Å². The summed E-state index contributed by atoms with van der Waals surface area (Å²) in [5.74, 6) is -1.02. The fourth-order valence-electron chi connectivity index (χ4n) is 1.82. The van der Waals surface area contributed by atoms with Crippen LogP contribution in [-0.2, 0) is 4.74 Å². The van der Waals surface area contributed by atoms with Crippen molar-refractivity contribution in [2.24, 2.45) is 0 Å². The lowest BCUT2D eigenvalue weighted by Crippen LogP contribution is -2.22. The summed E-state index contributed by atoms with van der Waals surface area (Å²) in [7, 11) is 0. The molecule has 2 aromatic rings. The summed E-state index contributed by atoms with van der Waals surface area (Å²) in [6, 6.07) is 9.28. The van der Waals surface area contributed by atoms with Crippen LogP contribution in [0.1, 0.15) is 34.8 Å². The van der Waals surface area contributed by atoms with Crippen molar-refractivity contribution < 1.29 is 14.6 Å². The first-order valence-electron chi connectivity index (χ1n) is 6.12. The van der Waals surface area contributed by atoms with E-state index < -0.39 is 23.2 Å². The second-order valence-corrected chi connectivity index (χ2v) is 4.06. The van der Waals surface area contributed by atoms with E-state index >= 15 is 0 Å². The molecule has 0 fully saturated rings. The lowest BCUT2D eigenvalue weighted by Gasteiger charge is -2.16. The predicted molar refractivity (Wildman–Crippen MR) is 71.7 cm³/mol. The Bertz CT molecular complexity index is 652. The molecule has 20 heavy (non-hydrogen) atoms. The molecule has 0 bridgehead atoms. The number of rotatable bonds is 5. The highest BCUT2D eigenvalue weighted by Gasteiger charge is 2.18. The van der Waals surface area contributed by atoms with Crippen molar-refractivity contribution >= 4 is 5.97 Å². The standard InChI is InChI=1S/C14H14N2O4/c1-2-20-11(9-6-4-3-5-7-9)12-15-8-10(14(18)19)13(17)16-12/h3-8,11H,2H2,1H3,(H,18,19)(H,15,16,17). The molecule has 0 aliphatic rings. The highest BCUT2D eigenvalue weighted by Crippen LogP contribution is 2.22. The van der Waals surface area contributed by atoms with Crippen LogP contribution in [0, 0.1) is 0 Å². The van der Waals surface area contributed by atoms with Gasteiger partial charge in [-0.2, -0.15) is 0 Å². The van der Waals surface area contributed by atoms with Gasteiger partial charge in [0.05, 0.1) is 0 Å². The van der Waals surface area contributed by atoms with Crippen LogP contribution in [0.4, 0.5) is 0 Å². The van der Waals surface area contributed by atoms with E-state index in [9.17, 15) is 9.59 Å². The van der Waals surface area contributed by atoms with Gasteiger partial charge < -0.3 is 14.8 Å². The summed E-state index contributed by atoms with van der Waals surface area (Å²) in [6.45, 7) is 2.27. The molecule has 2 N–H and O–H groups in total. The summed E-state index contributed by atoms with van der Waals surface area (Å²) in [6.07, 6.45) is 0.516. The lowest BCUT2D eigenvalue weighted by atomic mass is 10.1. The number of ether oxygens (including phenoxy) is 1. The van der Waals surface area contributed by atoms with Crippen molar-refractivity contribution in [1.29, 1.82) is 0 Å². The molecule has 6 nitrogen and oxygen atoms in total. The number of nitrogens with zero attached hydrogens (tertiary/aromatic N) is 1. The van der Waals surface area contributed by atoms with Gasteiger partial charge in [-0.1, -0.05) is 30.3 Å². The Morgan fingerprint density at radius 2 is 2.10 bits per heavy atom. The maximum atomic E-state index is 11.7. The van der Waals surface area contributed by atoms with Gasteiger partial charge in [-0.3, -0.25) is 4.79 Å². The van der Waals surface area contributed by atoms with Gasteiger partial charge in [0.15, 0.2) is 0 Å². The van der Waals surface area contributed by atoms with E-state index in [1.165, 1.54) is 0 Å². The Hall–Kier alpha value is -2.47. The van der Waals surface area contributed by atoms with E-state index in [4.69, 9.17) is 9.84 Å². The van der Waals surface area contributed by atoms with Gasteiger partial charge in [0.2, 0.25) is 0 Å². The third-order valence-corrected chi connectivity index (χ3v) is 2.73. The average molecular weight is 274 g/mol. The van der Waals surface area contributed by atoms with Gasteiger partial charge in [-0.15, -0.1) is 0 Å². The summed E-state index contributed by atoms with van der Waals surface area (Å²) < 4.78 is 5.59. The van der Waals surface area contributed by atoms with Gasteiger partial charge in [-0.25, -0.2) is 9.78 Å². The molecule has 0 spiro atoms. The van der Waals surface area contributed by atoms with Gasteiger partial charge in [0.25, 0.3) is 5.56 Å². The molecule has 0 amide bonds. The third kappa shape index (κ3) is 2.92. The van der Waals surface area contributed by atoms with Crippen LogP contribution in [0.2, 0.25) is 0 Å². The minimum Gasteiger partial charge on any atom is -0.477 e. The van der Waals surface area contributed by atoms with Crippen molar-refractivity contribution in [3.05, 3.63) is 63.8 Å². The monoisotopic (exact) mass is 274 g/mol. The van der Waals surface area contributed by atoms with E-state index in [1.54, 1.807) is 0 Å².